The van der Waals surface area contributed by atoms with Crippen molar-refractivity contribution in [3.8, 4) is 0 Å². The van der Waals surface area contributed by atoms with Gasteiger partial charge in [-0.2, -0.15) is 0 Å². The Bertz CT molecular complexity index is 462. The van der Waals surface area contributed by atoms with Crippen molar-refractivity contribution in [2.24, 2.45) is 11.3 Å². The minimum Gasteiger partial charge on any atom is -0.478 e. The predicted octanol–water partition coefficient (Wildman–Crippen LogP) is 3.54. The fourth-order valence-electron chi connectivity index (χ4n) is 2.38. The first-order valence-corrected chi connectivity index (χ1v) is 6.52. The van der Waals surface area contributed by atoms with Crippen LogP contribution in [-0.2, 0) is 0 Å². The standard InChI is InChI=1S/C15H21NO2/c1-10(2)15(6-7-15)9-16-13-8-11(3)4-5-12(13)14(17)18/h4-5,8,10,16H,6-7,9H2,1-3H3,(H,17,18). The zero-order chi connectivity index (χ0) is 13.3. The molecule has 0 radical (unpaired) electrons. The Hall–Kier alpha value is -1.51. The summed E-state index contributed by atoms with van der Waals surface area (Å²) in [6.45, 7) is 7.33. The van der Waals surface area contributed by atoms with E-state index in [2.05, 4.69) is 19.2 Å². The number of hydrogen-bond acceptors (Lipinski definition) is 2. The zero-order valence-electron chi connectivity index (χ0n) is 11.3. The molecule has 0 aromatic heterocycles. The second-order valence-electron chi connectivity index (χ2n) is 5.72. The molecule has 0 aliphatic heterocycles. The average molecular weight is 247 g/mol. The largest absolute Gasteiger partial charge is 0.478 e. The van der Waals surface area contributed by atoms with Crippen LogP contribution in [0.25, 0.3) is 0 Å². The van der Waals surface area contributed by atoms with Crippen molar-refractivity contribution < 1.29 is 9.90 Å². The third-order valence-corrected chi connectivity index (χ3v) is 4.15. The topological polar surface area (TPSA) is 49.3 Å². The Morgan fingerprint density at radius 1 is 1.44 bits per heavy atom. The van der Waals surface area contributed by atoms with Crippen LogP contribution < -0.4 is 5.32 Å². The molecule has 3 nitrogen and oxygen atoms in total. The van der Waals surface area contributed by atoms with E-state index in [1.165, 1.54) is 12.8 Å². The highest BCUT2D eigenvalue weighted by molar-refractivity contribution is 5.94. The molecule has 1 saturated carbocycles. The van der Waals surface area contributed by atoms with Crippen LogP contribution in [0.4, 0.5) is 5.69 Å². The zero-order valence-corrected chi connectivity index (χ0v) is 11.3. The van der Waals surface area contributed by atoms with Crippen LogP contribution in [0, 0.1) is 18.3 Å². The van der Waals surface area contributed by atoms with Gasteiger partial charge in [0.15, 0.2) is 0 Å². The molecule has 1 aromatic rings. The number of carbonyl (C=O) groups is 1. The molecule has 2 rings (SSSR count). The molecular weight excluding hydrogens is 226 g/mol. The summed E-state index contributed by atoms with van der Waals surface area (Å²) < 4.78 is 0. The third kappa shape index (κ3) is 2.50. The van der Waals surface area contributed by atoms with E-state index in [1.54, 1.807) is 6.07 Å². The monoisotopic (exact) mass is 247 g/mol. The number of carboxylic acid groups (broad SMARTS) is 1. The Kier molecular flexibility index (Phi) is 3.33. The molecule has 18 heavy (non-hydrogen) atoms. The van der Waals surface area contributed by atoms with E-state index in [9.17, 15) is 9.90 Å². The second-order valence-corrected chi connectivity index (χ2v) is 5.72. The average Bonchev–Trinajstić information content (AvgIpc) is 3.07. The Morgan fingerprint density at radius 2 is 2.11 bits per heavy atom. The summed E-state index contributed by atoms with van der Waals surface area (Å²) in [5, 5.41) is 12.5. The molecule has 98 valence electrons. The molecule has 2 N–H and O–H groups in total. The smallest absolute Gasteiger partial charge is 0.337 e. The number of carboxylic acids is 1. The van der Waals surface area contributed by atoms with Gasteiger partial charge in [0.25, 0.3) is 0 Å². The van der Waals surface area contributed by atoms with Crippen molar-refractivity contribution in [1.29, 1.82) is 0 Å². The van der Waals surface area contributed by atoms with Crippen LogP contribution in [0.1, 0.15) is 42.6 Å². The van der Waals surface area contributed by atoms with Crippen LogP contribution in [-0.4, -0.2) is 17.6 Å². The summed E-state index contributed by atoms with van der Waals surface area (Å²) in [6.07, 6.45) is 2.48. The van der Waals surface area contributed by atoms with Gasteiger partial charge in [0.2, 0.25) is 0 Å². The highest BCUT2D eigenvalue weighted by atomic mass is 16.4. The summed E-state index contributed by atoms with van der Waals surface area (Å²) in [7, 11) is 0. The van der Waals surface area contributed by atoms with Crippen molar-refractivity contribution in [3.05, 3.63) is 29.3 Å². The van der Waals surface area contributed by atoms with Gasteiger partial charge in [-0.25, -0.2) is 4.79 Å². The third-order valence-electron chi connectivity index (χ3n) is 4.15. The maximum absolute atomic E-state index is 11.2. The fraction of sp³-hybridized carbons (Fsp3) is 0.533. The van der Waals surface area contributed by atoms with Gasteiger partial charge >= 0.3 is 5.97 Å². The van der Waals surface area contributed by atoms with Crippen LogP contribution in [0.2, 0.25) is 0 Å². The van der Waals surface area contributed by atoms with E-state index < -0.39 is 5.97 Å². The number of aromatic carboxylic acids is 1. The second kappa shape index (κ2) is 4.63. The van der Waals surface area contributed by atoms with E-state index in [0.717, 1.165) is 17.8 Å². The SMILES string of the molecule is Cc1ccc(C(=O)O)c(NCC2(C(C)C)CC2)c1. The van der Waals surface area contributed by atoms with Crippen molar-refractivity contribution in [2.75, 3.05) is 11.9 Å². The summed E-state index contributed by atoms with van der Waals surface area (Å²) >= 11 is 0. The predicted molar refractivity (Wildman–Crippen MR) is 73.1 cm³/mol. The normalized spacial score (nSPS) is 16.7. The van der Waals surface area contributed by atoms with E-state index in [4.69, 9.17) is 0 Å². The molecule has 0 spiro atoms. The fourth-order valence-corrected chi connectivity index (χ4v) is 2.38. The summed E-state index contributed by atoms with van der Waals surface area (Å²) in [5.41, 5.74) is 2.56. The lowest BCUT2D eigenvalue weighted by Crippen LogP contribution is -2.21. The highest BCUT2D eigenvalue weighted by Crippen LogP contribution is 2.51. The van der Waals surface area contributed by atoms with E-state index in [0.29, 0.717) is 16.9 Å². The lowest BCUT2D eigenvalue weighted by Gasteiger charge is -2.21. The van der Waals surface area contributed by atoms with E-state index >= 15 is 0 Å². The van der Waals surface area contributed by atoms with Crippen LogP contribution in [0.5, 0.6) is 0 Å². The molecule has 1 aromatic carbocycles. The van der Waals surface area contributed by atoms with Gasteiger partial charge in [0.05, 0.1) is 5.56 Å². The molecule has 0 amide bonds. The molecule has 0 saturated heterocycles. The number of aryl methyl sites for hydroxylation is 1. The number of anilines is 1. The molecule has 0 atom stereocenters. The van der Waals surface area contributed by atoms with Crippen LogP contribution in [0.3, 0.4) is 0 Å². The minimum absolute atomic E-state index is 0.361. The molecule has 0 unspecified atom stereocenters. The lowest BCUT2D eigenvalue weighted by molar-refractivity contribution is 0.0698. The van der Waals surface area contributed by atoms with E-state index in [-0.39, 0.29) is 0 Å². The van der Waals surface area contributed by atoms with Crippen LogP contribution in [0.15, 0.2) is 18.2 Å². The molecule has 1 aliphatic rings. The van der Waals surface area contributed by atoms with Gasteiger partial charge in [-0.05, 0) is 48.8 Å². The first-order chi connectivity index (χ1) is 8.44. The summed E-state index contributed by atoms with van der Waals surface area (Å²) in [5.74, 6) is -0.227. The molecule has 0 heterocycles. The molecule has 1 fully saturated rings. The first kappa shape index (κ1) is 12.9. The van der Waals surface area contributed by atoms with Gasteiger partial charge in [0.1, 0.15) is 0 Å². The highest BCUT2D eigenvalue weighted by Gasteiger charge is 2.44. The lowest BCUT2D eigenvalue weighted by atomic mass is 9.92. The van der Waals surface area contributed by atoms with Gasteiger partial charge in [-0.1, -0.05) is 19.9 Å². The van der Waals surface area contributed by atoms with Crippen molar-refractivity contribution in [1.82, 2.24) is 0 Å². The minimum atomic E-state index is -0.869. The Labute approximate surface area is 108 Å². The van der Waals surface area contributed by atoms with Crippen molar-refractivity contribution >= 4 is 11.7 Å². The van der Waals surface area contributed by atoms with E-state index in [1.807, 2.05) is 19.1 Å². The van der Waals surface area contributed by atoms with Gasteiger partial charge in [-0.15, -0.1) is 0 Å². The number of nitrogens with one attached hydrogen (secondary N) is 1. The molecule has 0 bridgehead atoms. The number of benzene rings is 1. The number of hydrogen-bond donors (Lipinski definition) is 2. The van der Waals surface area contributed by atoms with Crippen molar-refractivity contribution in [2.45, 2.75) is 33.6 Å². The van der Waals surface area contributed by atoms with Gasteiger partial charge in [-0.3, -0.25) is 0 Å². The molecule has 3 heteroatoms. The molecule has 1 aliphatic carbocycles. The van der Waals surface area contributed by atoms with Gasteiger partial charge in [0, 0.05) is 12.2 Å². The molecular formula is C15H21NO2. The quantitative estimate of drug-likeness (QED) is 0.836. The van der Waals surface area contributed by atoms with Crippen molar-refractivity contribution in [3.63, 3.8) is 0 Å². The van der Waals surface area contributed by atoms with Gasteiger partial charge < -0.3 is 10.4 Å². The summed E-state index contributed by atoms with van der Waals surface area (Å²) in [4.78, 5) is 11.2. The summed E-state index contributed by atoms with van der Waals surface area (Å²) in [6, 6.07) is 5.43. The number of rotatable bonds is 5. The first-order valence-electron chi connectivity index (χ1n) is 6.52. The maximum Gasteiger partial charge on any atom is 0.337 e. The Morgan fingerprint density at radius 3 is 2.61 bits per heavy atom. The van der Waals surface area contributed by atoms with Crippen LogP contribution >= 0.6 is 0 Å². The maximum atomic E-state index is 11.2. The Balaban J connectivity index is 2.14.